The van der Waals surface area contributed by atoms with E-state index in [-0.39, 0.29) is 6.04 Å². The highest BCUT2D eigenvalue weighted by molar-refractivity contribution is 7.20. The first-order chi connectivity index (χ1) is 8.37. The van der Waals surface area contributed by atoms with Crippen molar-refractivity contribution in [2.24, 2.45) is 5.41 Å². The van der Waals surface area contributed by atoms with Crippen LogP contribution >= 0.6 is 34.5 Å². The fourth-order valence-corrected chi connectivity index (χ4v) is 4.30. The summed E-state index contributed by atoms with van der Waals surface area (Å²) in [7, 11) is 0. The second kappa shape index (κ2) is 5.70. The molecule has 0 aromatic carbocycles. The van der Waals surface area contributed by atoms with Gasteiger partial charge in [-0.3, -0.25) is 0 Å². The molecule has 1 fully saturated rings. The van der Waals surface area contributed by atoms with E-state index < -0.39 is 0 Å². The molecular formula is C14H21Cl2NS. The van der Waals surface area contributed by atoms with Gasteiger partial charge in [-0.05, 0) is 49.7 Å². The average molecular weight is 306 g/mol. The van der Waals surface area contributed by atoms with Crippen LogP contribution < -0.4 is 5.32 Å². The third-order valence-corrected chi connectivity index (χ3v) is 5.49. The molecule has 0 bridgehead atoms. The zero-order valence-corrected chi connectivity index (χ0v) is 13.6. The van der Waals surface area contributed by atoms with E-state index in [0.29, 0.717) is 11.5 Å². The molecule has 1 aliphatic rings. The predicted molar refractivity (Wildman–Crippen MR) is 81.9 cm³/mol. The van der Waals surface area contributed by atoms with Gasteiger partial charge in [-0.1, -0.05) is 37.0 Å². The first kappa shape index (κ1) is 14.6. The average Bonchev–Trinajstić information content (AvgIpc) is 2.61. The standard InChI is InChI=1S/C14H21Cl2NS/c1-9(11-8-12(15)18-13(11)16)17-10-4-6-14(2,3)7-5-10/h8-10,17H,4-7H2,1-3H3. The van der Waals surface area contributed by atoms with E-state index >= 15 is 0 Å². The number of hydrogen-bond donors (Lipinski definition) is 1. The molecule has 0 saturated heterocycles. The zero-order chi connectivity index (χ0) is 13.3. The third kappa shape index (κ3) is 3.63. The molecule has 2 rings (SSSR count). The summed E-state index contributed by atoms with van der Waals surface area (Å²) in [4.78, 5) is 0. The number of thiophene rings is 1. The van der Waals surface area contributed by atoms with Crippen LogP contribution in [0.15, 0.2) is 6.07 Å². The van der Waals surface area contributed by atoms with E-state index in [4.69, 9.17) is 23.2 Å². The van der Waals surface area contributed by atoms with Crippen LogP contribution in [-0.4, -0.2) is 6.04 Å². The maximum Gasteiger partial charge on any atom is 0.0991 e. The topological polar surface area (TPSA) is 12.0 Å². The molecule has 0 amide bonds. The van der Waals surface area contributed by atoms with E-state index in [1.54, 1.807) is 0 Å². The van der Waals surface area contributed by atoms with E-state index in [1.165, 1.54) is 37.0 Å². The van der Waals surface area contributed by atoms with Gasteiger partial charge in [-0.25, -0.2) is 0 Å². The van der Waals surface area contributed by atoms with Gasteiger partial charge in [0.15, 0.2) is 0 Å². The first-order valence-corrected chi connectivity index (χ1v) is 8.15. The highest BCUT2D eigenvalue weighted by Crippen LogP contribution is 2.38. The van der Waals surface area contributed by atoms with Crippen molar-refractivity contribution in [1.29, 1.82) is 0 Å². The van der Waals surface area contributed by atoms with Crippen molar-refractivity contribution < 1.29 is 0 Å². The Morgan fingerprint density at radius 1 is 1.33 bits per heavy atom. The number of rotatable bonds is 3. The molecule has 1 aliphatic carbocycles. The van der Waals surface area contributed by atoms with Gasteiger partial charge < -0.3 is 5.32 Å². The van der Waals surface area contributed by atoms with Gasteiger partial charge in [0.2, 0.25) is 0 Å². The predicted octanol–water partition coefficient (Wildman–Crippen LogP) is 5.67. The largest absolute Gasteiger partial charge is 0.307 e. The molecule has 1 nitrogen and oxygen atoms in total. The normalized spacial score (nSPS) is 22.1. The van der Waals surface area contributed by atoms with Crippen molar-refractivity contribution in [3.63, 3.8) is 0 Å². The Balaban J connectivity index is 1.92. The van der Waals surface area contributed by atoms with Gasteiger partial charge in [-0.2, -0.15) is 0 Å². The summed E-state index contributed by atoms with van der Waals surface area (Å²) in [6.07, 6.45) is 5.12. The van der Waals surface area contributed by atoms with Crippen LogP contribution in [0.1, 0.15) is 58.1 Å². The van der Waals surface area contributed by atoms with Crippen LogP contribution in [0.4, 0.5) is 0 Å². The molecule has 0 spiro atoms. The minimum Gasteiger partial charge on any atom is -0.307 e. The minimum atomic E-state index is 0.285. The molecule has 1 saturated carbocycles. The summed E-state index contributed by atoms with van der Waals surface area (Å²) in [6, 6.07) is 2.88. The lowest BCUT2D eigenvalue weighted by molar-refractivity contribution is 0.200. The second-order valence-electron chi connectivity index (χ2n) is 6.11. The molecule has 4 heteroatoms. The van der Waals surface area contributed by atoms with Crippen LogP contribution in [0.3, 0.4) is 0 Å². The van der Waals surface area contributed by atoms with Crippen LogP contribution in [0.25, 0.3) is 0 Å². The van der Waals surface area contributed by atoms with Crippen molar-refractivity contribution in [2.45, 2.75) is 58.5 Å². The van der Waals surface area contributed by atoms with Gasteiger partial charge in [0.05, 0.1) is 8.67 Å². The van der Waals surface area contributed by atoms with Gasteiger partial charge in [0.25, 0.3) is 0 Å². The lowest BCUT2D eigenvalue weighted by Gasteiger charge is -2.36. The van der Waals surface area contributed by atoms with Crippen molar-refractivity contribution in [3.05, 3.63) is 20.3 Å². The fourth-order valence-electron chi connectivity index (χ4n) is 2.66. The second-order valence-corrected chi connectivity index (χ2v) is 8.39. The molecule has 0 aliphatic heterocycles. The molecule has 1 atom stereocenters. The molecule has 0 radical (unpaired) electrons. The number of nitrogens with one attached hydrogen (secondary N) is 1. The van der Waals surface area contributed by atoms with Crippen LogP contribution in [0.5, 0.6) is 0 Å². The summed E-state index contributed by atoms with van der Waals surface area (Å²) >= 11 is 13.6. The number of halogens is 2. The Kier molecular flexibility index (Phi) is 4.64. The molecule has 1 heterocycles. The molecule has 18 heavy (non-hydrogen) atoms. The summed E-state index contributed by atoms with van der Waals surface area (Å²) in [5.74, 6) is 0. The van der Waals surface area contributed by atoms with Crippen LogP contribution in [0.2, 0.25) is 8.67 Å². The molecule has 1 N–H and O–H groups in total. The molecule has 1 aromatic rings. The summed E-state index contributed by atoms with van der Waals surface area (Å²) < 4.78 is 1.59. The molecule has 102 valence electrons. The smallest absolute Gasteiger partial charge is 0.0991 e. The summed E-state index contributed by atoms with van der Waals surface area (Å²) in [5.41, 5.74) is 1.65. The summed E-state index contributed by atoms with van der Waals surface area (Å²) in [6.45, 7) is 6.90. The Hall–Kier alpha value is 0.240. The van der Waals surface area contributed by atoms with Gasteiger partial charge in [0.1, 0.15) is 0 Å². The monoisotopic (exact) mass is 305 g/mol. The minimum absolute atomic E-state index is 0.285. The Morgan fingerprint density at radius 3 is 2.44 bits per heavy atom. The molecule has 1 unspecified atom stereocenters. The highest BCUT2D eigenvalue weighted by atomic mass is 35.5. The quantitative estimate of drug-likeness (QED) is 0.758. The first-order valence-electron chi connectivity index (χ1n) is 6.58. The van der Waals surface area contributed by atoms with Crippen molar-refractivity contribution >= 4 is 34.5 Å². The Bertz CT molecular complexity index is 404. The Labute approximate surface area is 124 Å². The highest BCUT2D eigenvalue weighted by Gasteiger charge is 2.27. The fraction of sp³-hybridized carbons (Fsp3) is 0.714. The van der Waals surface area contributed by atoms with E-state index in [0.717, 1.165) is 14.2 Å². The van der Waals surface area contributed by atoms with E-state index in [9.17, 15) is 0 Å². The van der Waals surface area contributed by atoms with Crippen molar-refractivity contribution in [2.75, 3.05) is 0 Å². The van der Waals surface area contributed by atoms with Gasteiger partial charge >= 0.3 is 0 Å². The lowest BCUT2D eigenvalue weighted by Crippen LogP contribution is -2.36. The molecule has 1 aromatic heterocycles. The maximum atomic E-state index is 6.20. The lowest BCUT2D eigenvalue weighted by atomic mass is 9.75. The SMILES string of the molecule is CC(NC1CCC(C)(C)CC1)c1cc(Cl)sc1Cl. The number of hydrogen-bond acceptors (Lipinski definition) is 2. The van der Waals surface area contributed by atoms with Gasteiger partial charge in [-0.15, -0.1) is 11.3 Å². The van der Waals surface area contributed by atoms with Crippen molar-refractivity contribution in [3.8, 4) is 0 Å². The summed E-state index contributed by atoms with van der Waals surface area (Å²) in [5, 5.41) is 3.69. The Morgan fingerprint density at radius 2 is 1.94 bits per heavy atom. The zero-order valence-electron chi connectivity index (χ0n) is 11.2. The van der Waals surface area contributed by atoms with Gasteiger partial charge in [0, 0.05) is 12.1 Å². The van der Waals surface area contributed by atoms with Crippen molar-refractivity contribution in [1.82, 2.24) is 5.32 Å². The third-order valence-electron chi connectivity index (χ3n) is 3.97. The van der Waals surface area contributed by atoms with E-state index in [1.807, 2.05) is 6.07 Å². The van der Waals surface area contributed by atoms with E-state index in [2.05, 4.69) is 26.1 Å². The van der Waals surface area contributed by atoms with Crippen LogP contribution in [0, 0.1) is 5.41 Å². The molecular weight excluding hydrogens is 285 g/mol. The maximum absolute atomic E-state index is 6.20. The van der Waals surface area contributed by atoms with Crippen LogP contribution in [-0.2, 0) is 0 Å².